The SMILES string of the molecule is CCc1ccc(C2CNCCN2Cc2nnnn2-c2ccccc2)cc1.Cl. The summed E-state index contributed by atoms with van der Waals surface area (Å²) in [5, 5.41) is 15.9. The van der Waals surface area contributed by atoms with E-state index in [1.54, 1.807) is 0 Å². The number of piperazine rings is 1. The van der Waals surface area contributed by atoms with E-state index in [-0.39, 0.29) is 12.4 Å². The highest BCUT2D eigenvalue weighted by atomic mass is 35.5. The van der Waals surface area contributed by atoms with Crippen LogP contribution in [0.25, 0.3) is 5.69 Å². The highest BCUT2D eigenvalue weighted by Crippen LogP contribution is 2.24. The maximum atomic E-state index is 4.28. The highest BCUT2D eigenvalue weighted by molar-refractivity contribution is 5.85. The minimum absolute atomic E-state index is 0. The summed E-state index contributed by atoms with van der Waals surface area (Å²) >= 11 is 0. The summed E-state index contributed by atoms with van der Waals surface area (Å²) in [6.45, 7) is 5.81. The third kappa shape index (κ3) is 4.35. The molecule has 1 unspecified atom stereocenters. The molecular weight excluding hydrogens is 360 g/mol. The smallest absolute Gasteiger partial charge is 0.170 e. The summed E-state index contributed by atoms with van der Waals surface area (Å²) in [4.78, 5) is 2.46. The van der Waals surface area contributed by atoms with Gasteiger partial charge in [-0.3, -0.25) is 4.90 Å². The molecule has 7 heteroatoms. The van der Waals surface area contributed by atoms with Gasteiger partial charge in [0.05, 0.1) is 12.2 Å². The van der Waals surface area contributed by atoms with E-state index in [0.717, 1.165) is 44.1 Å². The standard InChI is InChI=1S/C20H24N6.ClH/c1-2-16-8-10-17(11-9-16)19-14-21-12-13-25(19)15-20-22-23-24-26(20)18-6-4-3-5-7-18;/h3-11,19,21H,2,12-15H2,1H3;1H. The van der Waals surface area contributed by atoms with E-state index in [1.165, 1.54) is 11.1 Å². The van der Waals surface area contributed by atoms with Crippen molar-refractivity contribution < 1.29 is 0 Å². The fraction of sp³-hybridized carbons (Fsp3) is 0.350. The second-order valence-electron chi connectivity index (χ2n) is 6.63. The van der Waals surface area contributed by atoms with Crippen LogP contribution in [0.1, 0.15) is 29.9 Å². The first kappa shape index (κ1) is 19.5. The van der Waals surface area contributed by atoms with Crippen molar-refractivity contribution in [1.82, 2.24) is 30.4 Å². The minimum atomic E-state index is 0. The molecule has 142 valence electrons. The number of hydrogen-bond acceptors (Lipinski definition) is 5. The van der Waals surface area contributed by atoms with Crippen molar-refractivity contribution in [2.75, 3.05) is 19.6 Å². The lowest BCUT2D eigenvalue weighted by atomic mass is 10.0. The third-order valence-corrected chi connectivity index (χ3v) is 5.01. The first-order chi connectivity index (χ1) is 12.8. The highest BCUT2D eigenvalue weighted by Gasteiger charge is 2.25. The second kappa shape index (κ2) is 9.08. The number of halogens is 1. The fourth-order valence-corrected chi connectivity index (χ4v) is 3.50. The van der Waals surface area contributed by atoms with Gasteiger partial charge in [-0.25, -0.2) is 0 Å². The maximum absolute atomic E-state index is 4.28. The van der Waals surface area contributed by atoms with Gasteiger partial charge in [-0.05, 0) is 40.1 Å². The Kier molecular flexibility index (Phi) is 6.55. The molecule has 1 atom stereocenters. The Morgan fingerprint density at radius 2 is 1.85 bits per heavy atom. The molecule has 0 spiro atoms. The van der Waals surface area contributed by atoms with Crippen molar-refractivity contribution in [3.05, 3.63) is 71.5 Å². The summed E-state index contributed by atoms with van der Waals surface area (Å²) < 4.78 is 1.83. The minimum Gasteiger partial charge on any atom is -0.314 e. The van der Waals surface area contributed by atoms with Gasteiger partial charge >= 0.3 is 0 Å². The van der Waals surface area contributed by atoms with Crippen LogP contribution in [-0.2, 0) is 13.0 Å². The number of hydrogen-bond donors (Lipinski definition) is 1. The Labute approximate surface area is 166 Å². The molecule has 1 aliphatic rings. The third-order valence-electron chi connectivity index (χ3n) is 5.01. The van der Waals surface area contributed by atoms with E-state index in [0.29, 0.717) is 6.04 Å². The Bertz CT molecular complexity index is 833. The zero-order chi connectivity index (χ0) is 17.8. The quantitative estimate of drug-likeness (QED) is 0.733. The molecule has 1 N–H and O–H groups in total. The number of nitrogens with zero attached hydrogens (tertiary/aromatic N) is 5. The van der Waals surface area contributed by atoms with E-state index in [9.17, 15) is 0 Å². The molecule has 1 fully saturated rings. The topological polar surface area (TPSA) is 58.9 Å². The van der Waals surface area contributed by atoms with Gasteiger partial charge in [-0.15, -0.1) is 17.5 Å². The van der Waals surface area contributed by atoms with Crippen LogP contribution in [0.15, 0.2) is 54.6 Å². The molecule has 27 heavy (non-hydrogen) atoms. The molecular formula is C20H25ClN6. The summed E-state index contributed by atoms with van der Waals surface area (Å²) in [5.41, 5.74) is 3.71. The number of aryl methyl sites for hydroxylation is 1. The fourth-order valence-electron chi connectivity index (χ4n) is 3.50. The number of rotatable bonds is 5. The van der Waals surface area contributed by atoms with Gasteiger partial charge in [0.2, 0.25) is 0 Å². The van der Waals surface area contributed by atoms with Crippen molar-refractivity contribution in [2.45, 2.75) is 25.9 Å². The van der Waals surface area contributed by atoms with Crippen LogP contribution in [0.2, 0.25) is 0 Å². The molecule has 2 aromatic carbocycles. The number of benzene rings is 2. The molecule has 6 nitrogen and oxygen atoms in total. The van der Waals surface area contributed by atoms with Gasteiger partial charge in [0.1, 0.15) is 0 Å². The van der Waals surface area contributed by atoms with E-state index in [2.05, 4.69) is 56.9 Å². The van der Waals surface area contributed by atoms with Crippen molar-refractivity contribution in [3.8, 4) is 5.69 Å². The lowest BCUT2D eigenvalue weighted by Gasteiger charge is -2.36. The summed E-state index contributed by atoms with van der Waals surface area (Å²) in [6.07, 6.45) is 1.07. The molecule has 0 amide bonds. The Balaban J connectivity index is 0.00000210. The average molecular weight is 385 g/mol. The summed E-state index contributed by atoms with van der Waals surface area (Å²) in [5.74, 6) is 0.869. The van der Waals surface area contributed by atoms with Crippen LogP contribution in [0.5, 0.6) is 0 Å². The largest absolute Gasteiger partial charge is 0.314 e. The summed E-state index contributed by atoms with van der Waals surface area (Å²) in [6, 6.07) is 19.4. The van der Waals surface area contributed by atoms with E-state index < -0.39 is 0 Å². The lowest BCUT2D eigenvalue weighted by Crippen LogP contribution is -2.45. The molecule has 1 aromatic heterocycles. The molecule has 2 heterocycles. The predicted molar refractivity (Wildman–Crippen MR) is 108 cm³/mol. The van der Waals surface area contributed by atoms with E-state index in [1.807, 2.05) is 35.0 Å². The molecule has 0 aliphatic carbocycles. The average Bonchev–Trinajstić information content (AvgIpc) is 3.17. The van der Waals surface area contributed by atoms with Crippen LogP contribution in [0, 0.1) is 0 Å². The van der Waals surface area contributed by atoms with Crippen LogP contribution in [-0.4, -0.2) is 44.7 Å². The van der Waals surface area contributed by atoms with Gasteiger partial charge in [0, 0.05) is 25.7 Å². The van der Waals surface area contributed by atoms with Gasteiger partial charge in [-0.1, -0.05) is 49.4 Å². The van der Waals surface area contributed by atoms with Gasteiger partial charge < -0.3 is 5.32 Å². The Morgan fingerprint density at radius 1 is 1.07 bits per heavy atom. The lowest BCUT2D eigenvalue weighted by molar-refractivity contribution is 0.149. The maximum Gasteiger partial charge on any atom is 0.170 e. The van der Waals surface area contributed by atoms with Crippen molar-refractivity contribution in [2.24, 2.45) is 0 Å². The number of nitrogens with one attached hydrogen (secondary N) is 1. The van der Waals surface area contributed by atoms with E-state index in [4.69, 9.17) is 0 Å². The Morgan fingerprint density at radius 3 is 2.59 bits per heavy atom. The molecule has 1 aliphatic heterocycles. The first-order valence-electron chi connectivity index (χ1n) is 9.21. The van der Waals surface area contributed by atoms with Gasteiger partial charge in [-0.2, -0.15) is 4.68 Å². The number of tetrazole rings is 1. The molecule has 0 saturated carbocycles. The molecule has 0 bridgehead atoms. The predicted octanol–water partition coefficient (Wildman–Crippen LogP) is 2.79. The van der Waals surface area contributed by atoms with Crippen LogP contribution in [0.3, 0.4) is 0 Å². The molecule has 3 aromatic rings. The van der Waals surface area contributed by atoms with Crippen molar-refractivity contribution in [3.63, 3.8) is 0 Å². The number of para-hydroxylation sites is 1. The van der Waals surface area contributed by atoms with Gasteiger partial charge in [0.25, 0.3) is 0 Å². The summed E-state index contributed by atoms with van der Waals surface area (Å²) in [7, 11) is 0. The first-order valence-corrected chi connectivity index (χ1v) is 9.21. The monoisotopic (exact) mass is 384 g/mol. The Hall–Kier alpha value is -2.28. The zero-order valence-electron chi connectivity index (χ0n) is 15.5. The molecule has 1 saturated heterocycles. The molecule has 4 rings (SSSR count). The van der Waals surface area contributed by atoms with E-state index >= 15 is 0 Å². The van der Waals surface area contributed by atoms with Gasteiger partial charge in [0.15, 0.2) is 5.82 Å². The van der Waals surface area contributed by atoms with Crippen molar-refractivity contribution >= 4 is 12.4 Å². The van der Waals surface area contributed by atoms with Crippen molar-refractivity contribution in [1.29, 1.82) is 0 Å². The van der Waals surface area contributed by atoms with Crippen LogP contribution >= 0.6 is 12.4 Å². The van der Waals surface area contributed by atoms with Crippen LogP contribution in [0.4, 0.5) is 0 Å². The molecule has 0 radical (unpaired) electrons. The normalized spacial score (nSPS) is 17.4. The number of aromatic nitrogens is 4. The zero-order valence-corrected chi connectivity index (χ0v) is 16.3. The second-order valence-corrected chi connectivity index (χ2v) is 6.63. The van der Waals surface area contributed by atoms with Crippen LogP contribution < -0.4 is 5.32 Å².